The van der Waals surface area contributed by atoms with Crippen molar-refractivity contribution >= 4 is 17.9 Å². The van der Waals surface area contributed by atoms with Crippen molar-refractivity contribution in [1.82, 2.24) is 50.3 Å². The Kier molecular flexibility index (Phi) is 10.5. The Labute approximate surface area is 311 Å². The van der Waals surface area contributed by atoms with Gasteiger partial charge in [0.15, 0.2) is 24.3 Å². The van der Waals surface area contributed by atoms with Crippen molar-refractivity contribution in [3.05, 3.63) is 78.3 Å². The van der Waals surface area contributed by atoms with Crippen LogP contribution in [0, 0.1) is 13.8 Å². The van der Waals surface area contributed by atoms with E-state index in [9.17, 15) is 14.4 Å². The van der Waals surface area contributed by atoms with Gasteiger partial charge in [0.05, 0.1) is 24.7 Å². The molecule has 5 heterocycles. The molecule has 0 N–H and O–H groups in total. The molecule has 1 aliphatic rings. The smallest absolute Gasteiger partial charge is 0.303 e. The number of carbonyl (C=O) groups excluding carboxylic acids is 3. The maximum Gasteiger partial charge on any atom is 0.303 e. The van der Waals surface area contributed by atoms with Crippen molar-refractivity contribution in [1.29, 1.82) is 0 Å². The van der Waals surface area contributed by atoms with E-state index in [1.54, 1.807) is 50.5 Å². The van der Waals surface area contributed by atoms with Crippen LogP contribution in [0.3, 0.4) is 0 Å². The molecule has 55 heavy (non-hydrogen) atoms. The van der Waals surface area contributed by atoms with Gasteiger partial charge in [-0.3, -0.25) is 14.4 Å². The van der Waals surface area contributed by atoms with Crippen molar-refractivity contribution in [2.24, 2.45) is 0 Å². The van der Waals surface area contributed by atoms with Gasteiger partial charge in [-0.25, -0.2) is 9.36 Å². The molecule has 0 amide bonds. The monoisotopic (exact) mass is 754 g/mol. The molecule has 284 valence electrons. The Morgan fingerprint density at radius 2 is 1.47 bits per heavy atom. The maximum atomic E-state index is 12.6. The van der Waals surface area contributed by atoms with Crippen molar-refractivity contribution in [3.8, 4) is 39.8 Å². The summed E-state index contributed by atoms with van der Waals surface area (Å²) in [6, 6.07) is 13.4. The number of aryl methyl sites for hydroxylation is 2. The zero-order valence-corrected chi connectivity index (χ0v) is 30.1. The number of hydrogen-bond acceptors (Lipinski definition) is 18. The lowest BCUT2D eigenvalue weighted by atomic mass is 9.95. The summed E-state index contributed by atoms with van der Waals surface area (Å²) in [6.45, 7) is 6.63. The van der Waals surface area contributed by atoms with Crippen molar-refractivity contribution in [2.45, 2.75) is 71.9 Å². The summed E-state index contributed by atoms with van der Waals surface area (Å²) >= 11 is 0. The van der Waals surface area contributed by atoms with Crippen molar-refractivity contribution < 1.29 is 47.1 Å². The second-order valence-corrected chi connectivity index (χ2v) is 12.4. The summed E-state index contributed by atoms with van der Waals surface area (Å²) in [7, 11) is 0. The largest absolute Gasteiger partial charge is 0.463 e. The van der Waals surface area contributed by atoms with Crippen molar-refractivity contribution in [3.63, 3.8) is 0 Å². The molecule has 20 heteroatoms. The van der Waals surface area contributed by atoms with Gasteiger partial charge in [-0.2, -0.15) is 9.97 Å². The molecule has 20 nitrogen and oxygen atoms in total. The molecular weight excluding hydrogens is 720 g/mol. The van der Waals surface area contributed by atoms with E-state index in [-0.39, 0.29) is 13.2 Å². The van der Waals surface area contributed by atoms with Crippen LogP contribution in [-0.2, 0) is 44.7 Å². The number of ether oxygens (including phenoxy) is 5. The average Bonchev–Trinajstić information content (AvgIpc) is 3.99. The number of esters is 3. The molecule has 1 saturated heterocycles. The van der Waals surface area contributed by atoms with Crippen LogP contribution in [0.2, 0.25) is 0 Å². The van der Waals surface area contributed by atoms with Gasteiger partial charge in [0.25, 0.3) is 5.89 Å². The van der Waals surface area contributed by atoms with Crippen LogP contribution in [0.1, 0.15) is 44.2 Å². The van der Waals surface area contributed by atoms with Gasteiger partial charge in [-0.05, 0) is 43.3 Å². The minimum Gasteiger partial charge on any atom is -0.463 e. The van der Waals surface area contributed by atoms with Crippen LogP contribution in [0.15, 0.2) is 70.0 Å². The summed E-state index contributed by atoms with van der Waals surface area (Å²) in [5.41, 5.74) is 3.69. The third-order valence-electron chi connectivity index (χ3n) is 8.30. The fraction of sp³-hybridized carbons (Fsp3) is 0.343. The van der Waals surface area contributed by atoms with E-state index in [1.807, 2.05) is 24.3 Å². The van der Waals surface area contributed by atoms with Gasteiger partial charge in [0, 0.05) is 44.4 Å². The number of carbonyl (C=O) groups is 3. The van der Waals surface area contributed by atoms with Gasteiger partial charge in [0.2, 0.25) is 11.7 Å². The number of aromatic nitrogens is 10. The summed E-state index contributed by atoms with van der Waals surface area (Å²) in [6.07, 6.45) is -1.64. The minimum absolute atomic E-state index is 0.160. The normalized spacial score (nSPS) is 19.5. The highest BCUT2D eigenvalue weighted by Crippen LogP contribution is 2.36. The Morgan fingerprint density at radius 1 is 0.764 bits per heavy atom. The highest BCUT2D eigenvalue weighted by atomic mass is 16.7. The second-order valence-electron chi connectivity index (χ2n) is 12.4. The van der Waals surface area contributed by atoms with E-state index in [4.69, 9.17) is 32.7 Å². The van der Waals surface area contributed by atoms with Crippen LogP contribution in [0.4, 0.5) is 0 Å². The molecule has 5 atom stereocenters. The summed E-state index contributed by atoms with van der Waals surface area (Å²) in [5.74, 6) is -0.185. The van der Waals surface area contributed by atoms with Gasteiger partial charge >= 0.3 is 17.9 Å². The molecule has 7 rings (SSSR count). The first-order valence-corrected chi connectivity index (χ1v) is 16.9. The highest BCUT2D eigenvalue weighted by molar-refractivity contribution is 5.68. The first-order chi connectivity index (χ1) is 26.5. The average molecular weight is 755 g/mol. The van der Waals surface area contributed by atoms with E-state index >= 15 is 0 Å². The van der Waals surface area contributed by atoms with Gasteiger partial charge in [-0.1, -0.05) is 32.9 Å². The predicted molar refractivity (Wildman–Crippen MR) is 183 cm³/mol. The molecule has 6 aromatic rings. The first kappa shape index (κ1) is 36.7. The van der Waals surface area contributed by atoms with E-state index in [0.717, 1.165) is 5.56 Å². The Hall–Kier alpha value is -6.67. The third kappa shape index (κ3) is 8.44. The van der Waals surface area contributed by atoms with Gasteiger partial charge < -0.3 is 32.7 Å². The molecule has 1 fully saturated rings. The predicted octanol–water partition coefficient (Wildman–Crippen LogP) is 3.15. The van der Waals surface area contributed by atoms with E-state index in [0.29, 0.717) is 51.6 Å². The molecule has 0 radical (unpaired) electrons. The van der Waals surface area contributed by atoms with Crippen LogP contribution in [0.5, 0.6) is 0 Å². The summed E-state index contributed by atoms with van der Waals surface area (Å²) in [5, 5.41) is 24.8. The molecule has 2 aromatic carbocycles. The highest BCUT2D eigenvalue weighted by Gasteiger charge is 2.52. The SMILES string of the molecule is CC(=O)OC[C@H]1O[C@H](OCc2cn(-c3ccc(-c4noc(C)n4)cc3)nn2)[C@@H](OC(C)=O)[C@@H](OC(C)=O)[C@@H]1n1cc(-c2ccc(-c3nc(C)no3)cc2)nn1. The lowest BCUT2D eigenvalue weighted by molar-refractivity contribution is -0.297. The van der Waals surface area contributed by atoms with Crippen LogP contribution in [0.25, 0.3) is 39.8 Å². The van der Waals surface area contributed by atoms with Crippen molar-refractivity contribution in [2.75, 3.05) is 6.61 Å². The van der Waals surface area contributed by atoms with Gasteiger partial charge in [0.1, 0.15) is 30.1 Å². The fourth-order valence-electron chi connectivity index (χ4n) is 5.92. The molecule has 0 bridgehead atoms. The molecule has 0 aliphatic carbocycles. The molecule has 1 aliphatic heterocycles. The number of benzene rings is 2. The van der Waals surface area contributed by atoms with E-state index < -0.39 is 48.6 Å². The van der Waals surface area contributed by atoms with Gasteiger partial charge in [-0.15, -0.1) is 10.2 Å². The van der Waals surface area contributed by atoms with Crippen LogP contribution < -0.4 is 0 Å². The fourth-order valence-corrected chi connectivity index (χ4v) is 5.92. The zero-order valence-electron chi connectivity index (χ0n) is 30.1. The molecule has 4 aromatic heterocycles. The lowest BCUT2D eigenvalue weighted by Crippen LogP contribution is -2.59. The molecular formula is C35H34N10O10. The Balaban J connectivity index is 1.13. The second kappa shape index (κ2) is 15.7. The van der Waals surface area contributed by atoms with Crippen LogP contribution in [-0.4, -0.2) is 99.4 Å². The Bertz CT molecular complexity index is 2280. The number of nitrogens with zero attached hydrogens (tertiary/aromatic N) is 10. The van der Waals surface area contributed by atoms with E-state index in [2.05, 4.69) is 40.9 Å². The molecule has 0 saturated carbocycles. The zero-order chi connectivity index (χ0) is 38.6. The summed E-state index contributed by atoms with van der Waals surface area (Å²) in [4.78, 5) is 45.5. The third-order valence-corrected chi connectivity index (χ3v) is 8.30. The van der Waals surface area contributed by atoms with E-state index in [1.165, 1.54) is 30.1 Å². The first-order valence-electron chi connectivity index (χ1n) is 16.9. The summed E-state index contributed by atoms with van der Waals surface area (Å²) < 4.78 is 42.6. The number of rotatable bonds is 12. The Morgan fingerprint density at radius 3 is 2.13 bits per heavy atom. The molecule has 0 spiro atoms. The van der Waals surface area contributed by atoms with Crippen LogP contribution >= 0.6 is 0 Å². The number of hydrogen-bond donors (Lipinski definition) is 0. The maximum absolute atomic E-state index is 12.6. The molecule has 0 unspecified atom stereocenters. The minimum atomic E-state index is -1.32. The standard InChI is InChI=1S/C35H34N10O10/c1-18-36-34(55-40-18)25-8-6-23(7-9-25)28-15-45(43-39-28)30-29(17-49-20(3)46)53-35(32(52-22(5)48)31(30)51-21(4)47)50-16-26-14-44(42-38-26)27-12-10-24(11-13-27)33-37-19(2)54-41-33/h6-15,29-32,35H,16-17H2,1-5H3/t29-,30-,31+,32+,35+/m1/s1. The topological polar surface area (TPSA) is 237 Å². The quantitative estimate of drug-likeness (QED) is 0.129. The lowest BCUT2D eigenvalue weighted by Gasteiger charge is -2.44.